The Labute approximate surface area is 208 Å². The third kappa shape index (κ3) is 5.20. The zero-order valence-corrected chi connectivity index (χ0v) is 19.6. The molecule has 0 aromatic heterocycles. The summed E-state index contributed by atoms with van der Waals surface area (Å²) < 4.78 is 24.6. The van der Waals surface area contributed by atoms with Crippen LogP contribution in [-0.4, -0.2) is 30.4 Å². The van der Waals surface area contributed by atoms with Gasteiger partial charge in [0.05, 0.1) is 19.4 Å². The Morgan fingerprint density at radius 2 is 1.50 bits per heavy atom. The number of hydrazone groups is 1. The first kappa shape index (κ1) is 23.1. The fraction of sp³-hybridized carbons (Fsp3) is 0.103. The lowest BCUT2D eigenvalue weighted by molar-refractivity contribution is 0.218. The van der Waals surface area contributed by atoms with Crippen molar-refractivity contribution >= 4 is 17.4 Å². The molecule has 0 fully saturated rings. The Hall–Kier alpha value is -4.65. The standard InChI is InChI=1S/C29H24FN3O3/c1-35-24-15-9-21(10-16-24)28-27(20-7-11-22(30)12-8-20)19-33(32-28)29(34)31-23-13-17-26(18-14-23)36-25-5-3-2-4-6-25/h2-18,27H,19H2,1H3,(H,31,34). The molecule has 0 spiro atoms. The molecule has 7 heteroatoms. The van der Waals surface area contributed by atoms with E-state index < -0.39 is 0 Å². The molecule has 1 aliphatic rings. The van der Waals surface area contributed by atoms with Crippen LogP contribution in [-0.2, 0) is 0 Å². The number of hydrogen-bond acceptors (Lipinski definition) is 4. The summed E-state index contributed by atoms with van der Waals surface area (Å²) >= 11 is 0. The molecule has 1 heterocycles. The van der Waals surface area contributed by atoms with Gasteiger partial charge in [0.1, 0.15) is 23.1 Å². The summed E-state index contributed by atoms with van der Waals surface area (Å²) in [5, 5.41) is 8.94. The zero-order valence-electron chi connectivity index (χ0n) is 19.6. The monoisotopic (exact) mass is 481 g/mol. The van der Waals surface area contributed by atoms with Crippen LogP contribution < -0.4 is 14.8 Å². The first-order valence-electron chi connectivity index (χ1n) is 11.5. The van der Waals surface area contributed by atoms with Crippen molar-refractivity contribution in [3.05, 3.63) is 120 Å². The van der Waals surface area contributed by atoms with Gasteiger partial charge in [-0.1, -0.05) is 30.3 Å². The fourth-order valence-corrected chi connectivity index (χ4v) is 4.03. The number of nitrogens with one attached hydrogen (secondary N) is 1. The van der Waals surface area contributed by atoms with Gasteiger partial charge >= 0.3 is 6.03 Å². The topological polar surface area (TPSA) is 63.2 Å². The second-order valence-electron chi connectivity index (χ2n) is 8.27. The van der Waals surface area contributed by atoms with Crippen molar-refractivity contribution < 1.29 is 18.7 Å². The van der Waals surface area contributed by atoms with Crippen LogP contribution in [0.5, 0.6) is 17.2 Å². The Balaban J connectivity index is 1.33. The zero-order chi connectivity index (χ0) is 24.9. The maximum absolute atomic E-state index is 13.5. The van der Waals surface area contributed by atoms with Crippen molar-refractivity contribution in [2.45, 2.75) is 5.92 Å². The second kappa shape index (κ2) is 10.3. The van der Waals surface area contributed by atoms with Crippen molar-refractivity contribution in [2.24, 2.45) is 5.10 Å². The van der Waals surface area contributed by atoms with Gasteiger partial charge in [-0.05, 0) is 83.9 Å². The van der Waals surface area contributed by atoms with Gasteiger partial charge in [-0.15, -0.1) is 0 Å². The van der Waals surface area contributed by atoms with Gasteiger partial charge in [0.2, 0.25) is 0 Å². The van der Waals surface area contributed by atoms with Crippen LogP contribution in [0.3, 0.4) is 0 Å². The lowest BCUT2D eigenvalue weighted by Gasteiger charge is -2.16. The van der Waals surface area contributed by atoms with Gasteiger partial charge in [0.25, 0.3) is 0 Å². The Kier molecular flexibility index (Phi) is 6.62. The van der Waals surface area contributed by atoms with E-state index in [9.17, 15) is 9.18 Å². The maximum Gasteiger partial charge on any atom is 0.342 e. The molecular weight excluding hydrogens is 457 g/mol. The van der Waals surface area contributed by atoms with E-state index in [1.165, 1.54) is 17.1 Å². The molecule has 0 saturated heterocycles. The number of para-hydroxylation sites is 1. The normalized spacial score (nSPS) is 14.8. The van der Waals surface area contributed by atoms with Crippen molar-refractivity contribution in [1.29, 1.82) is 0 Å². The summed E-state index contributed by atoms with van der Waals surface area (Å²) in [7, 11) is 1.61. The van der Waals surface area contributed by atoms with Crippen LogP contribution >= 0.6 is 0 Å². The number of nitrogens with zero attached hydrogens (tertiary/aromatic N) is 2. The van der Waals surface area contributed by atoms with Gasteiger partial charge in [-0.3, -0.25) is 0 Å². The predicted octanol–water partition coefficient (Wildman–Crippen LogP) is 6.66. The predicted molar refractivity (Wildman–Crippen MR) is 137 cm³/mol. The van der Waals surface area contributed by atoms with Crippen LogP contribution in [0.15, 0.2) is 108 Å². The molecule has 1 N–H and O–H groups in total. The van der Waals surface area contributed by atoms with Crippen LogP contribution in [0, 0.1) is 5.82 Å². The third-order valence-electron chi connectivity index (χ3n) is 5.89. The van der Waals surface area contributed by atoms with E-state index in [1.807, 2.05) is 54.6 Å². The third-order valence-corrected chi connectivity index (χ3v) is 5.89. The number of carbonyl (C=O) groups is 1. The number of rotatable bonds is 6. The number of anilines is 1. The number of amides is 2. The highest BCUT2D eigenvalue weighted by molar-refractivity contribution is 6.07. The Bertz CT molecular complexity index is 1360. The van der Waals surface area contributed by atoms with Crippen LogP contribution in [0.2, 0.25) is 0 Å². The van der Waals surface area contributed by atoms with Gasteiger partial charge < -0.3 is 14.8 Å². The molecule has 0 bridgehead atoms. The van der Waals surface area contributed by atoms with E-state index in [4.69, 9.17) is 9.47 Å². The van der Waals surface area contributed by atoms with E-state index >= 15 is 0 Å². The minimum absolute atomic E-state index is 0.202. The van der Waals surface area contributed by atoms with Gasteiger partial charge in [-0.2, -0.15) is 5.10 Å². The summed E-state index contributed by atoms with van der Waals surface area (Å²) in [4.78, 5) is 13.1. The van der Waals surface area contributed by atoms with Gasteiger partial charge in [0.15, 0.2) is 0 Å². The number of carbonyl (C=O) groups excluding carboxylic acids is 1. The first-order valence-corrected chi connectivity index (χ1v) is 11.5. The largest absolute Gasteiger partial charge is 0.497 e. The number of benzene rings is 4. The molecule has 4 aromatic rings. The molecular formula is C29H24FN3O3. The van der Waals surface area contributed by atoms with Crippen molar-refractivity contribution in [3.63, 3.8) is 0 Å². The Morgan fingerprint density at radius 3 is 2.17 bits per heavy atom. The lowest BCUT2D eigenvalue weighted by Crippen LogP contribution is -2.30. The van der Waals surface area contributed by atoms with Crippen molar-refractivity contribution in [3.8, 4) is 17.2 Å². The summed E-state index contributed by atoms with van der Waals surface area (Å²) in [6, 6.07) is 30.1. The van der Waals surface area contributed by atoms with Crippen molar-refractivity contribution in [2.75, 3.05) is 19.0 Å². The van der Waals surface area contributed by atoms with Crippen LogP contribution in [0.1, 0.15) is 17.0 Å². The average Bonchev–Trinajstić information content (AvgIpc) is 3.37. The second-order valence-corrected chi connectivity index (χ2v) is 8.27. The molecule has 0 radical (unpaired) electrons. The van der Waals surface area contributed by atoms with Gasteiger partial charge in [-0.25, -0.2) is 14.2 Å². The lowest BCUT2D eigenvalue weighted by atomic mass is 9.90. The number of hydrogen-bond donors (Lipinski definition) is 1. The quantitative estimate of drug-likeness (QED) is 0.335. The molecule has 0 saturated carbocycles. The van der Waals surface area contributed by atoms with E-state index in [0.717, 1.165) is 28.3 Å². The number of urea groups is 1. The summed E-state index contributed by atoms with van der Waals surface area (Å²) in [5.41, 5.74) is 3.09. The van der Waals surface area contributed by atoms with E-state index in [-0.39, 0.29) is 17.8 Å². The van der Waals surface area contributed by atoms with E-state index in [2.05, 4.69) is 10.4 Å². The average molecular weight is 482 g/mol. The summed E-state index contributed by atoms with van der Waals surface area (Å²) in [6.45, 7) is 0.327. The van der Waals surface area contributed by atoms with Crippen LogP contribution in [0.4, 0.5) is 14.9 Å². The van der Waals surface area contributed by atoms with E-state index in [1.54, 1.807) is 43.5 Å². The summed E-state index contributed by atoms with van der Waals surface area (Å²) in [6.07, 6.45) is 0. The highest BCUT2D eigenvalue weighted by Crippen LogP contribution is 2.30. The molecule has 5 rings (SSSR count). The molecule has 2 amide bonds. The van der Waals surface area contributed by atoms with Gasteiger partial charge in [0, 0.05) is 11.6 Å². The molecule has 4 aromatic carbocycles. The smallest absolute Gasteiger partial charge is 0.342 e. The number of ether oxygens (including phenoxy) is 2. The highest BCUT2D eigenvalue weighted by atomic mass is 19.1. The molecule has 6 nitrogen and oxygen atoms in total. The molecule has 1 unspecified atom stereocenters. The molecule has 36 heavy (non-hydrogen) atoms. The molecule has 180 valence electrons. The van der Waals surface area contributed by atoms with Crippen LogP contribution in [0.25, 0.3) is 0 Å². The number of methoxy groups -OCH3 is 1. The highest BCUT2D eigenvalue weighted by Gasteiger charge is 2.32. The number of halogens is 1. The minimum atomic E-state index is -0.359. The van der Waals surface area contributed by atoms with E-state index in [0.29, 0.717) is 18.0 Å². The molecule has 1 aliphatic heterocycles. The Morgan fingerprint density at radius 1 is 0.861 bits per heavy atom. The first-order chi connectivity index (χ1) is 17.6. The molecule has 0 aliphatic carbocycles. The fourth-order valence-electron chi connectivity index (χ4n) is 4.03. The maximum atomic E-state index is 13.5. The van der Waals surface area contributed by atoms with Crippen molar-refractivity contribution in [1.82, 2.24) is 5.01 Å². The summed E-state index contributed by atoms with van der Waals surface area (Å²) in [5.74, 6) is 1.61. The molecule has 1 atom stereocenters. The minimum Gasteiger partial charge on any atom is -0.497 e. The SMILES string of the molecule is COc1ccc(C2=NN(C(=O)Nc3ccc(Oc4ccccc4)cc3)CC2c2ccc(F)cc2)cc1.